The molecule has 1 aromatic heterocycles. The van der Waals surface area contributed by atoms with Gasteiger partial charge in [0.2, 0.25) is 0 Å². The highest BCUT2D eigenvalue weighted by Gasteiger charge is 2.43. The first-order valence-corrected chi connectivity index (χ1v) is 10.4. The number of nitrogens with zero attached hydrogens (tertiary/aromatic N) is 2. The Morgan fingerprint density at radius 3 is 2.50 bits per heavy atom. The van der Waals surface area contributed by atoms with Crippen LogP contribution < -0.4 is 5.32 Å². The van der Waals surface area contributed by atoms with Crippen LogP contribution in [0.1, 0.15) is 50.9 Å². The summed E-state index contributed by atoms with van der Waals surface area (Å²) in [5.41, 5.74) is 3.03. The first-order valence-electron chi connectivity index (χ1n) is 10.4. The minimum absolute atomic E-state index is 0.0170. The Morgan fingerprint density at radius 2 is 1.83 bits per heavy atom. The lowest BCUT2D eigenvalue weighted by Gasteiger charge is -2.53. The van der Waals surface area contributed by atoms with Crippen LogP contribution in [0.3, 0.4) is 0 Å². The summed E-state index contributed by atoms with van der Waals surface area (Å²) in [7, 11) is 2.16. The molecule has 2 aromatic carbocycles. The summed E-state index contributed by atoms with van der Waals surface area (Å²) >= 11 is 0. The van der Waals surface area contributed by atoms with Crippen molar-refractivity contribution in [2.75, 3.05) is 7.05 Å². The molecular weight excluding hydrogens is 376 g/mol. The van der Waals surface area contributed by atoms with Crippen molar-refractivity contribution < 1.29 is 9.90 Å². The van der Waals surface area contributed by atoms with Gasteiger partial charge in [-0.25, -0.2) is 4.98 Å². The number of phenolic OH excluding ortho intramolecular Hbond substituents is 1. The molecule has 6 heteroatoms. The number of carbonyl (C=O) groups excluding carboxylic acids is 1. The van der Waals surface area contributed by atoms with Gasteiger partial charge in [-0.1, -0.05) is 12.1 Å². The highest BCUT2D eigenvalue weighted by Crippen LogP contribution is 2.37. The third-order valence-corrected chi connectivity index (χ3v) is 6.51. The van der Waals surface area contributed by atoms with Crippen LogP contribution in [0.25, 0.3) is 22.4 Å². The van der Waals surface area contributed by atoms with Crippen molar-refractivity contribution in [3.05, 3.63) is 48.0 Å². The van der Waals surface area contributed by atoms with Crippen molar-refractivity contribution in [2.24, 2.45) is 0 Å². The number of hydrogen-bond acceptors (Lipinski definition) is 4. The molecular formula is C24H30N4O2. The van der Waals surface area contributed by atoms with Gasteiger partial charge >= 0.3 is 0 Å². The maximum atomic E-state index is 13.0. The van der Waals surface area contributed by atoms with E-state index in [1.54, 1.807) is 18.2 Å². The van der Waals surface area contributed by atoms with E-state index in [-0.39, 0.29) is 28.8 Å². The van der Waals surface area contributed by atoms with Gasteiger partial charge in [-0.05, 0) is 77.9 Å². The van der Waals surface area contributed by atoms with Gasteiger partial charge in [-0.3, -0.25) is 9.69 Å². The van der Waals surface area contributed by atoms with Gasteiger partial charge in [0, 0.05) is 28.2 Å². The number of aromatic nitrogens is 2. The lowest BCUT2D eigenvalue weighted by atomic mass is 9.77. The molecule has 0 saturated carbocycles. The van der Waals surface area contributed by atoms with E-state index in [9.17, 15) is 9.90 Å². The predicted molar refractivity (Wildman–Crippen MR) is 120 cm³/mol. The number of aromatic amines is 1. The molecule has 3 aromatic rings. The quantitative estimate of drug-likeness (QED) is 0.605. The van der Waals surface area contributed by atoms with Gasteiger partial charge in [0.25, 0.3) is 5.91 Å². The molecule has 1 fully saturated rings. The molecule has 1 aliphatic heterocycles. The van der Waals surface area contributed by atoms with E-state index in [1.807, 2.05) is 24.3 Å². The summed E-state index contributed by atoms with van der Waals surface area (Å²) in [6.45, 7) is 8.92. The lowest BCUT2D eigenvalue weighted by molar-refractivity contribution is -0.0169. The van der Waals surface area contributed by atoms with Crippen molar-refractivity contribution in [3.8, 4) is 17.1 Å². The monoisotopic (exact) mass is 406 g/mol. The molecule has 3 N–H and O–H groups in total. The lowest BCUT2D eigenvalue weighted by Crippen LogP contribution is -2.62. The standard InChI is InChI=1S/C24H30N4O2/c1-23(2)13-17(14-24(3,4)28(23)5)25-22(30)16-9-10-19-20(12-16)27-21(26-19)15-7-6-8-18(29)11-15/h6-12,17,29H,13-14H2,1-5H3,(H,25,30)(H,26,27). The number of H-pyrrole nitrogens is 1. The predicted octanol–water partition coefficient (Wildman–Crippen LogP) is 4.32. The zero-order valence-corrected chi connectivity index (χ0v) is 18.3. The molecule has 0 atom stereocenters. The summed E-state index contributed by atoms with van der Waals surface area (Å²) in [6.07, 6.45) is 1.82. The molecule has 0 unspecified atom stereocenters. The minimum Gasteiger partial charge on any atom is -0.508 e. The molecule has 30 heavy (non-hydrogen) atoms. The number of carbonyl (C=O) groups is 1. The van der Waals surface area contributed by atoms with Gasteiger partial charge < -0.3 is 15.4 Å². The first-order chi connectivity index (χ1) is 14.0. The summed E-state index contributed by atoms with van der Waals surface area (Å²) in [4.78, 5) is 23.2. The van der Waals surface area contributed by atoms with Crippen LogP contribution in [0.4, 0.5) is 0 Å². The van der Waals surface area contributed by atoms with Crippen LogP contribution in [-0.4, -0.2) is 50.0 Å². The van der Waals surface area contributed by atoms with Crippen molar-refractivity contribution >= 4 is 16.9 Å². The number of piperidine rings is 1. The van der Waals surface area contributed by atoms with Crippen LogP contribution in [0.5, 0.6) is 5.75 Å². The Kier molecular flexibility index (Phi) is 4.85. The van der Waals surface area contributed by atoms with Crippen LogP contribution in [-0.2, 0) is 0 Å². The van der Waals surface area contributed by atoms with E-state index in [1.165, 1.54) is 0 Å². The summed E-state index contributed by atoms with van der Waals surface area (Å²) in [6, 6.07) is 12.6. The van der Waals surface area contributed by atoms with Crippen molar-refractivity contribution in [1.29, 1.82) is 0 Å². The Labute approximate surface area is 177 Å². The first kappa shape index (κ1) is 20.4. The number of hydrogen-bond donors (Lipinski definition) is 3. The number of rotatable bonds is 3. The van der Waals surface area contributed by atoms with Gasteiger partial charge in [0.05, 0.1) is 11.0 Å². The number of phenols is 1. The zero-order chi connectivity index (χ0) is 21.7. The molecule has 2 heterocycles. The highest BCUT2D eigenvalue weighted by atomic mass is 16.3. The van der Waals surface area contributed by atoms with Gasteiger partial charge in [-0.15, -0.1) is 0 Å². The Bertz CT molecular complexity index is 1080. The fourth-order valence-corrected chi connectivity index (χ4v) is 4.68. The van der Waals surface area contributed by atoms with Crippen molar-refractivity contribution in [2.45, 2.75) is 57.7 Å². The van der Waals surface area contributed by atoms with Gasteiger partial charge in [0.1, 0.15) is 11.6 Å². The number of nitrogens with one attached hydrogen (secondary N) is 2. The van der Waals surface area contributed by atoms with Gasteiger partial charge in [0.15, 0.2) is 0 Å². The minimum atomic E-state index is -0.0634. The third kappa shape index (κ3) is 3.79. The van der Waals surface area contributed by atoms with E-state index in [0.717, 1.165) is 29.4 Å². The highest BCUT2D eigenvalue weighted by molar-refractivity contribution is 5.97. The van der Waals surface area contributed by atoms with Crippen LogP contribution in [0.15, 0.2) is 42.5 Å². The number of likely N-dealkylation sites (tertiary alicyclic amines) is 1. The summed E-state index contributed by atoms with van der Waals surface area (Å²) in [5, 5.41) is 13.0. The summed E-state index contributed by atoms with van der Waals surface area (Å²) in [5.74, 6) is 0.792. The van der Waals surface area contributed by atoms with Crippen LogP contribution in [0.2, 0.25) is 0 Å². The number of aromatic hydroxyl groups is 1. The van der Waals surface area contributed by atoms with E-state index in [0.29, 0.717) is 11.4 Å². The van der Waals surface area contributed by atoms with Crippen molar-refractivity contribution in [1.82, 2.24) is 20.2 Å². The molecule has 1 aliphatic rings. The van der Waals surface area contributed by atoms with Gasteiger partial charge in [-0.2, -0.15) is 0 Å². The maximum absolute atomic E-state index is 13.0. The Morgan fingerprint density at radius 1 is 1.13 bits per heavy atom. The molecule has 158 valence electrons. The SMILES string of the molecule is CN1C(C)(C)CC(NC(=O)c2ccc3nc(-c4cccc(O)c4)[nH]c3c2)CC1(C)C. The normalized spacial score (nSPS) is 19.1. The number of amides is 1. The molecule has 0 spiro atoms. The molecule has 1 amide bonds. The Hall–Kier alpha value is -2.86. The fourth-order valence-electron chi connectivity index (χ4n) is 4.68. The molecule has 0 aliphatic carbocycles. The topological polar surface area (TPSA) is 81.2 Å². The third-order valence-electron chi connectivity index (χ3n) is 6.51. The average Bonchev–Trinajstić information content (AvgIpc) is 3.09. The Balaban J connectivity index is 1.55. The van der Waals surface area contributed by atoms with E-state index in [2.05, 4.69) is 54.9 Å². The molecule has 6 nitrogen and oxygen atoms in total. The van der Waals surface area contributed by atoms with Crippen LogP contribution in [0, 0.1) is 0 Å². The smallest absolute Gasteiger partial charge is 0.251 e. The molecule has 0 bridgehead atoms. The largest absolute Gasteiger partial charge is 0.508 e. The number of benzene rings is 2. The molecule has 1 saturated heterocycles. The number of imidazole rings is 1. The van der Waals surface area contributed by atoms with E-state index >= 15 is 0 Å². The second-order valence-electron chi connectivity index (χ2n) is 9.63. The molecule has 4 rings (SSSR count). The second-order valence-corrected chi connectivity index (χ2v) is 9.63. The molecule has 0 radical (unpaired) electrons. The summed E-state index contributed by atoms with van der Waals surface area (Å²) < 4.78 is 0. The van der Waals surface area contributed by atoms with Crippen molar-refractivity contribution in [3.63, 3.8) is 0 Å². The average molecular weight is 407 g/mol. The van der Waals surface area contributed by atoms with E-state index in [4.69, 9.17) is 0 Å². The zero-order valence-electron chi connectivity index (χ0n) is 18.3. The fraction of sp³-hybridized carbons (Fsp3) is 0.417. The second kappa shape index (κ2) is 7.13. The number of fused-ring (bicyclic) bond motifs is 1. The van der Waals surface area contributed by atoms with E-state index < -0.39 is 0 Å². The van der Waals surface area contributed by atoms with Crippen LogP contribution >= 0.6 is 0 Å². The maximum Gasteiger partial charge on any atom is 0.251 e.